The molecule has 0 bridgehead atoms. The number of nitrogens with one attached hydrogen (secondary N) is 1. The van der Waals surface area contributed by atoms with Crippen molar-refractivity contribution in [3.8, 4) is 16.9 Å². The summed E-state index contributed by atoms with van der Waals surface area (Å²) in [4.78, 5) is 12.9. The minimum absolute atomic E-state index is 0.0605. The molecule has 134 valence electrons. The third-order valence-electron chi connectivity index (χ3n) is 4.42. The maximum absolute atomic E-state index is 12.9. The van der Waals surface area contributed by atoms with Gasteiger partial charge in [-0.3, -0.25) is 4.79 Å². The van der Waals surface area contributed by atoms with E-state index in [2.05, 4.69) is 24.3 Å². The molecule has 3 rings (SSSR count). The number of rotatable bonds is 5. The summed E-state index contributed by atoms with van der Waals surface area (Å²) in [6.07, 6.45) is 0. The fourth-order valence-electron chi connectivity index (χ4n) is 2.54. The predicted molar refractivity (Wildman–Crippen MR) is 106 cm³/mol. The highest BCUT2D eigenvalue weighted by Crippen LogP contribution is 2.23. The van der Waals surface area contributed by atoms with E-state index in [4.69, 9.17) is 11.6 Å². The molecule has 0 fully saturated rings. The van der Waals surface area contributed by atoms with E-state index in [1.165, 1.54) is 0 Å². The summed E-state index contributed by atoms with van der Waals surface area (Å²) >= 11 is 6.13. The zero-order valence-corrected chi connectivity index (χ0v) is 15.9. The lowest BCUT2D eigenvalue weighted by Crippen LogP contribution is -2.37. The first-order valence-electron chi connectivity index (χ1n) is 8.68. The molecule has 3 aromatic rings. The number of hydrogen-bond acceptors (Lipinski definition) is 2. The monoisotopic (exact) mass is 367 g/mol. The van der Waals surface area contributed by atoms with Crippen molar-refractivity contribution in [2.75, 3.05) is 0 Å². The van der Waals surface area contributed by atoms with E-state index in [1.807, 2.05) is 55.5 Å². The second-order valence-electron chi connectivity index (χ2n) is 6.68. The van der Waals surface area contributed by atoms with Crippen molar-refractivity contribution >= 4 is 17.5 Å². The first kappa shape index (κ1) is 18.2. The Kier molecular flexibility index (Phi) is 5.43. The number of nitrogens with zero attached hydrogens (tertiary/aromatic N) is 2. The van der Waals surface area contributed by atoms with Crippen LogP contribution in [0.1, 0.15) is 31.3 Å². The molecule has 0 aliphatic rings. The van der Waals surface area contributed by atoms with Crippen LogP contribution in [0.25, 0.3) is 16.9 Å². The van der Waals surface area contributed by atoms with Crippen LogP contribution in [0.2, 0.25) is 5.02 Å². The molecule has 0 aliphatic heterocycles. The lowest BCUT2D eigenvalue weighted by atomic mass is 10.1. The predicted octanol–water partition coefficient (Wildman–Crippen LogP) is 4.97. The summed E-state index contributed by atoms with van der Waals surface area (Å²) in [6, 6.07) is 19.0. The zero-order chi connectivity index (χ0) is 18.7. The maximum Gasteiger partial charge on any atom is 0.270 e. The van der Waals surface area contributed by atoms with E-state index in [0.717, 1.165) is 16.9 Å². The minimum Gasteiger partial charge on any atom is -0.348 e. The summed E-state index contributed by atoms with van der Waals surface area (Å²) in [5, 5.41) is 8.31. The first-order valence-corrected chi connectivity index (χ1v) is 9.06. The van der Waals surface area contributed by atoms with Gasteiger partial charge in [0.05, 0.1) is 11.4 Å². The molecule has 4 nitrogen and oxygen atoms in total. The Labute approximate surface area is 158 Å². The van der Waals surface area contributed by atoms with Crippen LogP contribution < -0.4 is 5.32 Å². The SMILES string of the molecule is CC(C)[C@H](C)NC(=O)c1cc(-c2ccccc2)nn1-c1cccc(Cl)c1. The number of benzene rings is 2. The molecule has 26 heavy (non-hydrogen) atoms. The summed E-state index contributed by atoms with van der Waals surface area (Å²) in [6.45, 7) is 6.16. The summed E-state index contributed by atoms with van der Waals surface area (Å²) in [5.41, 5.74) is 2.94. The Morgan fingerprint density at radius 3 is 2.42 bits per heavy atom. The van der Waals surface area contributed by atoms with Crippen LogP contribution in [-0.2, 0) is 0 Å². The van der Waals surface area contributed by atoms with Gasteiger partial charge in [-0.2, -0.15) is 5.10 Å². The smallest absolute Gasteiger partial charge is 0.270 e. The van der Waals surface area contributed by atoms with Gasteiger partial charge in [-0.15, -0.1) is 0 Å². The fourth-order valence-corrected chi connectivity index (χ4v) is 2.73. The van der Waals surface area contributed by atoms with Gasteiger partial charge in [0.15, 0.2) is 0 Å². The number of carbonyl (C=O) groups is 1. The van der Waals surface area contributed by atoms with E-state index in [0.29, 0.717) is 16.6 Å². The van der Waals surface area contributed by atoms with Crippen molar-refractivity contribution in [3.05, 3.63) is 71.4 Å². The van der Waals surface area contributed by atoms with Crippen molar-refractivity contribution in [1.82, 2.24) is 15.1 Å². The van der Waals surface area contributed by atoms with Gasteiger partial charge in [0, 0.05) is 16.6 Å². The van der Waals surface area contributed by atoms with E-state index in [-0.39, 0.29) is 11.9 Å². The molecule has 0 unspecified atom stereocenters. The quantitative estimate of drug-likeness (QED) is 0.692. The maximum atomic E-state index is 12.9. The normalized spacial score (nSPS) is 12.2. The lowest BCUT2D eigenvalue weighted by molar-refractivity contribution is 0.0922. The van der Waals surface area contributed by atoms with Crippen LogP contribution >= 0.6 is 11.6 Å². The summed E-state index contributed by atoms with van der Waals surface area (Å²) in [5.74, 6) is 0.191. The minimum atomic E-state index is -0.152. The molecule has 1 N–H and O–H groups in total. The molecule has 5 heteroatoms. The van der Waals surface area contributed by atoms with Gasteiger partial charge in [-0.25, -0.2) is 4.68 Å². The zero-order valence-electron chi connectivity index (χ0n) is 15.1. The van der Waals surface area contributed by atoms with Crippen molar-refractivity contribution < 1.29 is 4.79 Å². The van der Waals surface area contributed by atoms with Crippen LogP contribution in [0, 0.1) is 5.92 Å². The van der Waals surface area contributed by atoms with Crippen molar-refractivity contribution in [2.45, 2.75) is 26.8 Å². The van der Waals surface area contributed by atoms with Crippen molar-refractivity contribution in [2.24, 2.45) is 5.92 Å². The van der Waals surface area contributed by atoms with Gasteiger partial charge in [0.25, 0.3) is 5.91 Å². The van der Waals surface area contributed by atoms with Crippen molar-refractivity contribution in [1.29, 1.82) is 0 Å². The van der Waals surface area contributed by atoms with Gasteiger partial charge < -0.3 is 5.32 Å². The summed E-state index contributed by atoms with van der Waals surface area (Å²) in [7, 11) is 0. The number of amides is 1. The van der Waals surface area contributed by atoms with Gasteiger partial charge >= 0.3 is 0 Å². The highest BCUT2D eigenvalue weighted by Gasteiger charge is 2.20. The highest BCUT2D eigenvalue weighted by molar-refractivity contribution is 6.30. The average Bonchev–Trinajstić information content (AvgIpc) is 3.08. The molecule has 1 heterocycles. The molecular formula is C21H22ClN3O. The highest BCUT2D eigenvalue weighted by atomic mass is 35.5. The molecule has 0 saturated heterocycles. The molecule has 0 saturated carbocycles. The lowest BCUT2D eigenvalue weighted by Gasteiger charge is -2.17. The number of hydrogen-bond donors (Lipinski definition) is 1. The second-order valence-corrected chi connectivity index (χ2v) is 7.12. The number of aromatic nitrogens is 2. The molecule has 1 atom stereocenters. The standard InChI is InChI=1S/C21H22ClN3O/c1-14(2)15(3)23-21(26)20-13-19(16-8-5-4-6-9-16)24-25(20)18-11-7-10-17(22)12-18/h4-15H,1-3H3,(H,23,26)/t15-/m0/s1. The third kappa shape index (κ3) is 3.97. The second kappa shape index (κ2) is 7.75. The van der Waals surface area contributed by atoms with E-state index in [9.17, 15) is 4.79 Å². The molecule has 0 aliphatic carbocycles. The molecule has 1 aromatic heterocycles. The van der Waals surface area contributed by atoms with Crippen molar-refractivity contribution in [3.63, 3.8) is 0 Å². The van der Waals surface area contributed by atoms with Gasteiger partial charge in [-0.1, -0.05) is 61.8 Å². The van der Waals surface area contributed by atoms with Crippen LogP contribution in [0.5, 0.6) is 0 Å². The Morgan fingerprint density at radius 1 is 1.04 bits per heavy atom. The molecular weight excluding hydrogens is 346 g/mol. The third-order valence-corrected chi connectivity index (χ3v) is 4.66. The Morgan fingerprint density at radius 2 is 1.77 bits per heavy atom. The summed E-state index contributed by atoms with van der Waals surface area (Å²) < 4.78 is 1.65. The van der Waals surface area contributed by atoms with E-state index in [1.54, 1.807) is 16.8 Å². The Bertz CT molecular complexity index is 903. The first-order chi connectivity index (χ1) is 12.5. The fraction of sp³-hybridized carbons (Fsp3) is 0.238. The van der Waals surface area contributed by atoms with Crippen LogP contribution in [-0.4, -0.2) is 21.7 Å². The van der Waals surface area contributed by atoms with E-state index >= 15 is 0 Å². The Hall–Kier alpha value is -2.59. The number of carbonyl (C=O) groups excluding carboxylic acids is 1. The van der Waals surface area contributed by atoms with E-state index < -0.39 is 0 Å². The average molecular weight is 368 g/mol. The van der Waals surface area contributed by atoms with Crippen LogP contribution in [0.4, 0.5) is 0 Å². The van der Waals surface area contributed by atoms with Gasteiger partial charge in [-0.05, 0) is 37.1 Å². The molecule has 0 spiro atoms. The largest absolute Gasteiger partial charge is 0.348 e. The van der Waals surface area contributed by atoms with Gasteiger partial charge in [0.2, 0.25) is 0 Å². The molecule has 2 aromatic carbocycles. The molecule has 1 amide bonds. The number of halogens is 1. The van der Waals surface area contributed by atoms with Crippen LogP contribution in [0.15, 0.2) is 60.7 Å². The van der Waals surface area contributed by atoms with Gasteiger partial charge in [0.1, 0.15) is 5.69 Å². The topological polar surface area (TPSA) is 46.9 Å². The van der Waals surface area contributed by atoms with Crippen LogP contribution in [0.3, 0.4) is 0 Å². The molecule has 0 radical (unpaired) electrons. The Balaban J connectivity index is 2.06.